The third-order valence-corrected chi connectivity index (χ3v) is 4.89. The van der Waals surface area contributed by atoms with Crippen molar-refractivity contribution in [1.82, 2.24) is 9.97 Å². The maximum absolute atomic E-state index is 9.66. The number of hydrogen-bond donors (Lipinski definition) is 1. The average molecular weight is 297 g/mol. The molecule has 4 rings (SSSR count). The molecule has 5 heteroatoms. The maximum Gasteiger partial charge on any atom is 0.171 e. The van der Waals surface area contributed by atoms with Crippen LogP contribution in [0.1, 0.15) is 6.42 Å². The van der Waals surface area contributed by atoms with Gasteiger partial charge in [-0.1, -0.05) is 18.2 Å². The molecular formula is C16H15N3OS. The largest absolute Gasteiger partial charge is 0.391 e. The zero-order chi connectivity index (χ0) is 14.2. The number of fused-ring (bicyclic) bond motifs is 1. The van der Waals surface area contributed by atoms with Crippen LogP contribution in [-0.4, -0.2) is 34.3 Å². The molecule has 0 spiro atoms. The van der Waals surface area contributed by atoms with Gasteiger partial charge in [-0.2, -0.15) is 0 Å². The zero-order valence-corrected chi connectivity index (χ0v) is 12.3. The first-order valence-electron chi connectivity index (χ1n) is 7.04. The molecule has 1 atom stereocenters. The summed E-state index contributed by atoms with van der Waals surface area (Å²) in [5, 5.41) is 10.9. The lowest BCUT2D eigenvalue weighted by Crippen LogP contribution is -2.22. The Balaban J connectivity index is 1.71. The molecule has 1 unspecified atom stereocenters. The third-order valence-electron chi connectivity index (χ3n) is 3.77. The Labute approximate surface area is 126 Å². The van der Waals surface area contributed by atoms with E-state index in [0.717, 1.165) is 29.5 Å². The smallest absolute Gasteiger partial charge is 0.171 e. The molecule has 1 aliphatic heterocycles. The van der Waals surface area contributed by atoms with Crippen LogP contribution in [0.25, 0.3) is 20.8 Å². The van der Waals surface area contributed by atoms with Crippen molar-refractivity contribution in [3.8, 4) is 10.7 Å². The van der Waals surface area contributed by atoms with E-state index < -0.39 is 0 Å². The molecular weight excluding hydrogens is 282 g/mol. The van der Waals surface area contributed by atoms with Gasteiger partial charge in [0.2, 0.25) is 0 Å². The van der Waals surface area contributed by atoms with Crippen LogP contribution in [0.2, 0.25) is 0 Å². The lowest BCUT2D eigenvalue weighted by molar-refractivity contribution is 0.198. The maximum atomic E-state index is 9.66. The van der Waals surface area contributed by atoms with Gasteiger partial charge < -0.3 is 10.0 Å². The van der Waals surface area contributed by atoms with Crippen molar-refractivity contribution in [2.24, 2.45) is 0 Å². The molecule has 0 amide bonds. The van der Waals surface area contributed by atoms with E-state index in [9.17, 15) is 5.11 Å². The fourth-order valence-corrected chi connectivity index (χ4v) is 3.69. The summed E-state index contributed by atoms with van der Waals surface area (Å²) in [4.78, 5) is 12.3. The fourth-order valence-electron chi connectivity index (χ4n) is 2.69. The van der Waals surface area contributed by atoms with E-state index in [1.54, 1.807) is 17.5 Å². The van der Waals surface area contributed by atoms with Crippen molar-refractivity contribution in [2.75, 3.05) is 18.0 Å². The van der Waals surface area contributed by atoms with Gasteiger partial charge in [0, 0.05) is 24.0 Å². The standard InChI is InChI=1S/C16H15N3OS/c20-12-6-8-19(10-12)15-5-7-17-16(18-15)14-9-11-3-1-2-4-13(11)21-14/h1-5,7,9,12,20H,6,8,10H2. The second-order valence-electron chi connectivity index (χ2n) is 5.28. The predicted molar refractivity (Wildman–Crippen MR) is 85.7 cm³/mol. The minimum Gasteiger partial charge on any atom is -0.391 e. The van der Waals surface area contributed by atoms with Gasteiger partial charge >= 0.3 is 0 Å². The van der Waals surface area contributed by atoms with E-state index in [1.165, 1.54) is 10.1 Å². The van der Waals surface area contributed by atoms with Gasteiger partial charge in [0.1, 0.15) is 5.82 Å². The van der Waals surface area contributed by atoms with Crippen LogP contribution in [0.3, 0.4) is 0 Å². The summed E-state index contributed by atoms with van der Waals surface area (Å²) in [5.74, 6) is 1.66. The summed E-state index contributed by atoms with van der Waals surface area (Å²) in [5.41, 5.74) is 0. The molecule has 1 aliphatic rings. The summed E-state index contributed by atoms with van der Waals surface area (Å²) < 4.78 is 1.25. The quantitative estimate of drug-likeness (QED) is 0.790. The van der Waals surface area contributed by atoms with Gasteiger partial charge in [0.15, 0.2) is 5.82 Å². The van der Waals surface area contributed by atoms with Crippen LogP contribution >= 0.6 is 11.3 Å². The van der Waals surface area contributed by atoms with Gasteiger partial charge in [-0.25, -0.2) is 9.97 Å². The minimum atomic E-state index is -0.243. The Bertz CT molecular complexity index is 753. The molecule has 1 fully saturated rings. The number of aliphatic hydroxyl groups excluding tert-OH is 1. The van der Waals surface area contributed by atoms with Crippen molar-refractivity contribution in [3.63, 3.8) is 0 Å². The topological polar surface area (TPSA) is 49.2 Å². The normalized spacial score (nSPS) is 18.5. The predicted octanol–water partition coefficient (Wildman–Crippen LogP) is 2.93. The van der Waals surface area contributed by atoms with Crippen LogP contribution in [0.15, 0.2) is 42.6 Å². The average Bonchev–Trinajstić information content (AvgIpc) is 3.13. The number of rotatable bonds is 2. The van der Waals surface area contributed by atoms with E-state index in [1.807, 2.05) is 18.2 Å². The Morgan fingerprint density at radius 2 is 2.14 bits per heavy atom. The van der Waals surface area contributed by atoms with Gasteiger partial charge in [-0.15, -0.1) is 11.3 Å². The number of thiophene rings is 1. The summed E-state index contributed by atoms with van der Waals surface area (Å²) >= 11 is 1.71. The first-order valence-corrected chi connectivity index (χ1v) is 7.86. The highest BCUT2D eigenvalue weighted by Crippen LogP contribution is 2.32. The molecule has 1 saturated heterocycles. The molecule has 0 aliphatic carbocycles. The molecule has 0 bridgehead atoms. The van der Waals surface area contributed by atoms with E-state index >= 15 is 0 Å². The third kappa shape index (κ3) is 2.39. The second-order valence-corrected chi connectivity index (χ2v) is 6.36. The lowest BCUT2D eigenvalue weighted by Gasteiger charge is -2.16. The number of aromatic nitrogens is 2. The monoisotopic (exact) mass is 297 g/mol. The van der Waals surface area contributed by atoms with Crippen LogP contribution in [-0.2, 0) is 0 Å². The lowest BCUT2D eigenvalue weighted by atomic mass is 10.2. The summed E-state index contributed by atoms with van der Waals surface area (Å²) in [6, 6.07) is 12.4. The van der Waals surface area contributed by atoms with Gasteiger partial charge in [-0.05, 0) is 30.0 Å². The van der Waals surface area contributed by atoms with E-state index in [0.29, 0.717) is 6.54 Å². The number of benzene rings is 1. The molecule has 3 heterocycles. The minimum absolute atomic E-state index is 0.243. The highest BCUT2D eigenvalue weighted by Gasteiger charge is 2.21. The number of aliphatic hydroxyl groups is 1. The van der Waals surface area contributed by atoms with Crippen LogP contribution < -0.4 is 4.90 Å². The van der Waals surface area contributed by atoms with E-state index in [-0.39, 0.29) is 6.10 Å². The molecule has 106 valence electrons. The Morgan fingerprint density at radius 1 is 1.24 bits per heavy atom. The first kappa shape index (κ1) is 12.7. The molecule has 1 N–H and O–H groups in total. The highest BCUT2D eigenvalue weighted by atomic mass is 32.1. The van der Waals surface area contributed by atoms with Crippen LogP contribution in [0, 0.1) is 0 Å². The van der Waals surface area contributed by atoms with E-state index in [2.05, 4.69) is 33.1 Å². The van der Waals surface area contributed by atoms with Crippen LogP contribution in [0.4, 0.5) is 5.82 Å². The molecule has 2 aromatic heterocycles. The molecule has 0 radical (unpaired) electrons. The van der Waals surface area contributed by atoms with Gasteiger partial charge in [0.05, 0.1) is 11.0 Å². The number of nitrogens with zero attached hydrogens (tertiary/aromatic N) is 3. The van der Waals surface area contributed by atoms with E-state index in [4.69, 9.17) is 0 Å². The second kappa shape index (κ2) is 5.09. The number of β-amino-alcohol motifs (C(OH)–C–C–N with tert-alkyl or cyclic N) is 1. The molecule has 21 heavy (non-hydrogen) atoms. The Hall–Kier alpha value is -1.98. The first-order chi connectivity index (χ1) is 10.3. The molecule has 0 saturated carbocycles. The summed E-state index contributed by atoms with van der Waals surface area (Å²) in [7, 11) is 0. The molecule has 3 aromatic rings. The fraction of sp³-hybridized carbons (Fsp3) is 0.250. The van der Waals surface area contributed by atoms with Gasteiger partial charge in [0.25, 0.3) is 0 Å². The molecule has 1 aromatic carbocycles. The summed E-state index contributed by atoms with van der Waals surface area (Å²) in [6.07, 6.45) is 2.36. The van der Waals surface area contributed by atoms with Crippen molar-refractivity contribution in [3.05, 3.63) is 42.6 Å². The highest BCUT2D eigenvalue weighted by molar-refractivity contribution is 7.22. The Kier molecular flexibility index (Phi) is 3.09. The SMILES string of the molecule is OC1CCN(c2ccnc(-c3cc4ccccc4s3)n2)C1. The van der Waals surface area contributed by atoms with Crippen molar-refractivity contribution < 1.29 is 5.11 Å². The van der Waals surface area contributed by atoms with Crippen LogP contribution in [0.5, 0.6) is 0 Å². The Morgan fingerprint density at radius 3 is 2.95 bits per heavy atom. The van der Waals surface area contributed by atoms with Crippen molar-refractivity contribution in [1.29, 1.82) is 0 Å². The zero-order valence-electron chi connectivity index (χ0n) is 11.4. The number of hydrogen-bond acceptors (Lipinski definition) is 5. The summed E-state index contributed by atoms with van der Waals surface area (Å²) in [6.45, 7) is 1.51. The van der Waals surface area contributed by atoms with Crippen molar-refractivity contribution >= 4 is 27.2 Å². The van der Waals surface area contributed by atoms with Gasteiger partial charge in [-0.3, -0.25) is 0 Å². The number of anilines is 1. The molecule has 4 nitrogen and oxygen atoms in total. The van der Waals surface area contributed by atoms with Crippen molar-refractivity contribution in [2.45, 2.75) is 12.5 Å².